The number of hydrogen-bond donors (Lipinski definition) is 0. The number of ether oxygens (including phenoxy) is 1. The molecule has 1 atom stereocenters. The monoisotopic (exact) mass is 356 g/mol. The molecule has 0 aromatic heterocycles. The van der Waals surface area contributed by atoms with Crippen LogP contribution in [0.1, 0.15) is 13.3 Å². The van der Waals surface area contributed by atoms with Crippen LogP contribution in [-0.2, 0) is 9.59 Å². The molecular formula is C20H21FN2O3. The second-order valence-corrected chi connectivity index (χ2v) is 6.15. The van der Waals surface area contributed by atoms with E-state index in [2.05, 4.69) is 0 Å². The number of amides is 2. The molecule has 0 spiro atoms. The molecule has 0 aliphatic carbocycles. The summed E-state index contributed by atoms with van der Waals surface area (Å²) in [5, 5.41) is 0. The number of rotatable bonds is 5. The molecule has 2 aromatic rings. The molecule has 1 fully saturated rings. The molecule has 6 heteroatoms. The molecule has 3 rings (SSSR count). The van der Waals surface area contributed by atoms with E-state index in [9.17, 15) is 14.0 Å². The summed E-state index contributed by atoms with van der Waals surface area (Å²) >= 11 is 0. The van der Waals surface area contributed by atoms with Crippen molar-refractivity contribution >= 4 is 23.2 Å². The molecule has 0 radical (unpaired) electrons. The standard InChI is InChI=1S/C20H21FN2O3/c1-3-26-18-11-7-6-10-17(18)23-13-14(12-19(23)24)20(25)22(2)16-9-5-4-8-15(16)21/h4-11,14H,3,12-13H2,1-2H3/t14-/m0/s1. The minimum Gasteiger partial charge on any atom is -0.492 e. The lowest BCUT2D eigenvalue weighted by atomic mass is 10.1. The second-order valence-electron chi connectivity index (χ2n) is 6.15. The van der Waals surface area contributed by atoms with Gasteiger partial charge in [-0.1, -0.05) is 24.3 Å². The van der Waals surface area contributed by atoms with Crippen molar-refractivity contribution in [3.63, 3.8) is 0 Å². The Hall–Kier alpha value is -2.89. The smallest absolute Gasteiger partial charge is 0.232 e. The summed E-state index contributed by atoms with van der Waals surface area (Å²) in [6, 6.07) is 13.4. The van der Waals surface area contributed by atoms with E-state index in [4.69, 9.17) is 4.74 Å². The van der Waals surface area contributed by atoms with Crippen LogP contribution in [-0.4, -0.2) is 32.0 Å². The van der Waals surface area contributed by atoms with Gasteiger partial charge in [-0.15, -0.1) is 0 Å². The fourth-order valence-corrected chi connectivity index (χ4v) is 3.18. The van der Waals surface area contributed by atoms with Crippen LogP contribution in [0.15, 0.2) is 48.5 Å². The first-order valence-corrected chi connectivity index (χ1v) is 8.57. The van der Waals surface area contributed by atoms with Gasteiger partial charge in [0.05, 0.1) is 23.9 Å². The van der Waals surface area contributed by atoms with E-state index < -0.39 is 11.7 Å². The number of carbonyl (C=O) groups excluding carboxylic acids is 2. The summed E-state index contributed by atoms with van der Waals surface area (Å²) in [7, 11) is 1.53. The van der Waals surface area contributed by atoms with Gasteiger partial charge in [-0.05, 0) is 31.2 Å². The molecule has 2 aromatic carbocycles. The minimum atomic E-state index is -0.526. The minimum absolute atomic E-state index is 0.0953. The van der Waals surface area contributed by atoms with Crippen molar-refractivity contribution in [3.8, 4) is 5.75 Å². The maximum absolute atomic E-state index is 14.0. The lowest BCUT2D eigenvalue weighted by Gasteiger charge is -2.23. The largest absolute Gasteiger partial charge is 0.492 e. The third-order valence-corrected chi connectivity index (χ3v) is 4.47. The number of benzene rings is 2. The molecule has 136 valence electrons. The Bertz CT molecular complexity index is 824. The Balaban J connectivity index is 1.80. The van der Waals surface area contributed by atoms with Crippen molar-refractivity contribution in [1.29, 1.82) is 0 Å². The molecule has 0 unspecified atom stereocenters. The molecule has 1 saturated heterocycles. The SMILES string of the molecule is CCOc1ccccc1N1C[C@@H](C(=O)N(C)c2ccccc2F)CC1=O. The van der Waals surface area contributed by atoms with E-state index in [0.29, 0.717) is 18.0 Å². The van der Waals surface area contributed by atoms with Gasteiger partial charge in [0.15, 0.2) is 0 Å². The predicted molar refractivity (Wildman–Crippen MR) is 97.9 cm³/mol. The van der Waals surface area contributed by atoms with E-state index in [-0.39, 0.29) is 30.5 Å². The van der Waals surface area contributed by atoms with E-state index in [1.165, 1.54) is 18.0 Å². The zero-order valence-corrected chi connectivity index (χ0v) is 14.8. The van der Waals surface area contributed by atoms with E-state index in [0.717, 1.165) is 0 Å². The average molecular weight is 356 g/mol. The number of carbonyl (C=O) groups is 2. The Labute approximate surface area is 152 Å². The van der Waals surface area contributed by atoms with Crippen LogP contribution < -0.4 is 14.5 Å². The molecule has 0 N–H and O–H groups in total. The lowest BCUT2D eigenvalue weighted by molar-refractivity contribution is -0.124. The van der Waals surface area contributed by atoms with Crippen LogP contribution >= 0.6 is 0 Å². The summed E-state index contributed by atoms with van der Waals surface area (Å²) in [5.41, 5.74) is 0.862. The highest BCUT2D eigenvalue weighted by Gasteiger charge is 2.38. The molecule has 1 aliphatic rings. The fourth-order valence-electron chi connectivity index (χ4n) is 3.18. The average Bonchev–Trinajstić information content (AvgIpc) is 3.03. The number of hydrogen-bond acceptors (Lipinski definition) is 3. The van der Waals surface area contributed by atoms with E-state index in [1.807, 2.05) is 19.1 Å². The molecule has 26 heavy (non-hydrogen) atoms. The van der Waals surface area contributed by atoms with Crippen LogP contribution in [0.25, 0.3) is 0 Å². The summed E-state index contributed by atoms with van der Waals surface area (Å²) in [6.45, 7) is 2.61. The van der Waals surface area contributed by atoms with Crippen LogP contribution in [0, 0.1) is 11.7 Å². The Morgan fingerprint density at radius 2 is 1.92 bits per heavy atom. The highest BCUT2D eigenvalue weighted by atomic mass is 19.1. The Morgan fingerprint density at radius 3 is 2.65 bits per heavy atom. The maximum atomic E-state index is 14.0. The van der Waals surface area contributed by atoms with Crippen molar-refractivity contribution in [3.05, 3.63) is 54.3 Å². The molecular weight excluding hydrogens is 335 g/mol. The van der Waals surface area contributed by atoms with Crippen molar-refractivity contribution in [2.75, 3.05) is 30.0 Å². The zero-order valence-electron chi connectivity index (χ0n) is 14.8. The fraction of sp³-hybridized carbons (Fsp3) is 0.300. The normalized spacial score (nSPS) is 16.7. The predicted octanol–water partition coefficient (Wildman–Crippen LogP) is 3.24. The van der Waals surface area contributed by atoms with Crippen molar-refractivity contribution in [2.24, 2.45) is 5.92 Å². The van der Waals surface area contributed by atoms with Crippen molar-refractivity contribution in [2.45, 2.75) is 13.3 Å². The van der Waals surface area contributed by atoms with Gasteiger partial charge >= 0.3 is 0 Å². The van der Waals surface area contributed by atoms with Gasteiger partial charge in [0.2, 0.25) is 11.8 Å². The van der Waals surface area contributed by atoms with Crippen LogP contribution in [0.2, 0.25) is 0 Å². The number of para-hydroxylation sites is 3. The van der Waals surface area contributed by atoms with Crippen LogP contribution in [0.5, 0.6) is 5.75 Å². The van der Waals surface area contributed by atoms with Gasteiger partial charge in [-0.3, -0.25) is 9.59 Å². The molecule has 5 nitrogen and oxygen atoms in total. The summed E-state index contributed by atoms with van der Waals surface area (Å²) < 4.78 is 19.5. The van der Waals surface area contributed by atoms with Gasteiger partial charge in [0.1, 0.15) is 11.6 Å². The topological polar surface area (TPSA) is 49.9 Å². The molecule has 0 bridgehead atoms. The Morgan fingerprint density at radius 1 is 1.23 bits per heavy atom. The van der Waals surface area contributed by atoms with Crippen LogP contribution in [0.4, 0.5) is 15.8 Å². The van der Waals surface area contributed by atoms with Gasteiger partial charge < -0.3 is 14.5 Å². The number of anilines is 2. The third kappa shape index (κ3) is 3.40. The van der Waals surface area contributed by atoms with Crippen molar-refractivity contribution in [1.82, 2.24) is 0 Å². The zero-order chi connectivity index (χ0) is 18.7. The number of nitrogens with zero attached hydrogens (tertiary/aromatic N) is 2. The quantitative estimate of drug-likeness (QED) is 0.826. The van der Waals surface area contributed by atoms with Gasteiger partial charge in [-0.25, -0.2) is 4.39 Å². The molecule has 2 amide bonds. The van der Waals surface area contributed by atoms with E-state index in [1.54, 1.807) is 35.2 Å². The summed E-state index contributed by atoms with van der Waals surface area (Å²) in [5.74, 6) is -0.802. The lowest BCUT2D eigenvalue weighted by Crippen LogP contribution is -2.35. The first-order valence-electron chi connectivity index (χ1n) is 8.57. The number of halogens is 1. The van der Waals surface area contributed by atoms with Gasteiger partial charge in [0, 0.05) is 20.0 Å². The van der Waals surface area contributed by atoms with Gasteiger partial charge in [-0.2, -0.15) is 0 Å². The maximum Gasteiger partial charge on any atom is 0.232 e. The summed E-state index contributed by atoms with van der Waals surface area (Å²) in [6.07, 6.45) is 0.0953. The van der Waals surface area contributed by atoms with Crippen molar-refractivity contribution < 1.29 is 18.7 Å². The highest BCUT2D eigenvalue weighted by Crippen LogP contribution is 2.34. The first-order chi connectivity index (χ1) is 12.5. The molecule has 1 aliphatic heterocycles. The summed E-state index contributed by atoms with van der Waals surface area (Å²) in [4.78, 5) is 28.1. The van der Waals surface area contributed by atoms with Crippen LogP contribution in [0.3, 0.4) is 0 Å². The highest BCUT2D eigenvalue weighted by molar-refractivity contribution is 6.04. The molecule has 0 saturated carbocycles. The first kappa shape index (κ1) is 17.9. The Kier molecular flexibility index (Phi) is 5.21. The van der Waals surface area contributed by atoms with Gasteiger partial charge in [0.25, 0.3) is 0 Å². The third-order valence-electron chi connectivity index (χ3n) is 4.47. The molecule has 1 heterocycles. The second kappa shape index (κ2) is 7.56. The van der Waals surface area contributed by atoms with E-state index >= 15 is 0 Å².